The molecule has 0 radical (unpaired) electrons. The van der Waals surface area contributed by atoms with Crippen LogP contribution in [0.1, 0.15) is 11.3 Å². The molecule has 10 heteroatoms. The number of carboxylic acids is 2. The van der Waals surface area contributed by atoms with Gasteiger partial charge in [0, 0.05) is 0 Å². The number of hydrogen-bond donors (Lipinski definition) is 3. The molecule has 0 saturated heterocycles. The Morgan fingerprint density at radius 3 is 2.47 bits per heavy atom. The first-order valence-corrected chi connectivity index (χ1v) is 7.03. The molecule has 0 unspecified atom stereocenters. The number of nitrogens with zero attached hydrogens (tertiary/aromatic N) is 1. The number of nitrogens with one attached hydrogen (secondary N) is 1. The van der Waals surface area contributed by atoms with E-state index in [2.05, 4.69) is 0 Å². The summed E-state index contributed by atoms with van der Waals surface area (Å²) in [5, 5.41) is 25.8. The molecule has 3 N–H and O–H groups in total. The summed E-state index contributed by atoms with van der Waals surface area (Å²) in [6, 6.07) is 2.39. The fraction of sp³-hybridized carbons (Fsp3) is 0.222. The van der Waals surface area contributed by atoms with E-state index in [0.29, 0.717) is 11.3 Å². The molecule has 0 aliphatic heterocycles. The first-order chi connectivity index (χ1) is 8.76. The Bertz CT molecular complexity index is 642. The summed E-state index contributed by atoms with van der Waals surface area (Å²) >= 11 is 0.660. The number of thiophene rings is 1. The molecule has 0 saturated carbocycles. The summed E-state index contributed by atoms with van der Waals surface area (Å²) < 4.78 is 25.1. The zero-order chi connectivity index (χ0) is 14.6. The fourth-order valence-electron chi connectivity index (χ4n) is 1.12. The van der Waals surface area contributed by atoms with Crippen molar-refractivity contribution in [3.63, 3.8) is 0 Å². The number of hydrogen-bond acceptors (Lipinski definition) is 6. The molecule has 0 aromatic carbocycles. The van der Waals surface area contributed by atoms with E-state index in [-0.39, 0.29) is 9.09 Å². The van der Waals surface area contributed by atoms with Crippen molar-refractivity contribution >= 4 is 33.3 Å². The highest BCUT2D eigenvalue weighted by molar-refractivity contribution is 7.91. The highest BCUT2D eigenvalue weighted by atomic mass is 32.2. The van der Waals surface area contributed by atoms with E-state index in [1.165, 1.54) is 6.07 Å². The van der Waals surface area contributed by atoms with E-state index in [0.717, 1.165) is 6.07 Å². The topological polar surface area (TPSA) is 145 Å². The molecule has 1 heterocycles. The van der Waals surface area contributed by atoms with Crippen molar-refractivity contribution in [2.24, 2.45) is 0 Å². The number of sulfonamides is 1. The Kier molecular flexibility index (Phi) is 4.60. The lowest BCUT2D eigenvalue weighted by atomic mass is 10.2. The third kappa shape index (κ3) is 4.02. The number of carboxylic acid groups (broad SMARTS) is 2. The fourth-order valence-corrected chi connectivity index (χ4v) is 3.43. The van der Waals surface area contributed by atoms with Crippen molar-refractivity contribution in [1.82, 2.24) is 4.72 Å². The van der Waals surface area contributed by atoms with Crippen LogP contribution in [0.3, 0.4) is 0 Å². The zero-order valence-corrected chi connectivity index (χ0v) is 10.9. The SMILES string of the molecule is N#Cc1ccc(S(=O)(=O)N[C@H](CC(=O)O)C(=O)O)s1. The van der Waals surface area contributed by atoms with Crippen LogP contribution in [0.15, 0.2) is 16.3 Å². The van der Waals surface area contributed by atoms with Crippen molar-refractivity contribution in [3.05, 3.63) is 17.0 Å². The number of nitriles is 1. The molecule has 102 valence electrons. The van der Waals surface area contributed by atoms with Gasteiger partial charge in [0.2, 0.25) is 0 Å². The Morgan fingerprint density at radius 1 is 1.42 bits per heavy atom. The maximum Gasteiger partial charge on any atom is 0.322 e. The second kappa shape index (κ2) is 5.79. The van der Waals surface area contributed by atoms with Gasteiger partial charge in [-0.05, 0) is 12.1 Å². The third-order valence-electron chi connectivity index (χ3n) is 1.93. The second-order valence-corrected chi connectivity index (χ2v) is 6.37. The van der Waals surface area contributed by atoms with Crippen LogP contribution < -0.4 is 4.72 Å². The monoisotopic (exact) mass is 304 g/mol. The second-order valence-electron chi connectivity index (χ2n) is 3.34. The van der Waals surface area contributed by atoms with Crippen molar-refractivity contribution in [3.8, 4) is 6.07 Å². The van der Waals surface area contributed by atoms with Gasteiger partial charge in [-0.15, -0.1) is 11.3 Å². The van der Waals surface area contributed by atoms with Crippen LogP contribution in [-0.4, -0.2) is 36.6 Å². The first kappa shape index (κ1) is 15.1. The summed E-state index contributed by atoms with van der Waals surface area (Å²) in [7, 11) is -4.17. The lowest BCUT2D eigenvalue weighted by Gasteiger charge is -2.11. The molecule has 8 nitrogen and oxygen atoms in total. The predicted octanol–water partition coefficient (Wildman–Crippen LogP) is -0.174. The minimum Gasteiger partial charge on any atom is -0.481 e. The molecule has 1 aromatic rings. The Morgan fingerprint density at radius 2 is 2.05 bits per heavy atom. The van der Waals surface area contributed by atoms with Crippen molar-refractivity contribution in [2.75, 3.05) is 0 Å². The van der Waals surface area contributed by atoms with Crippen LogP contribution in [0.25, 0.3) is 0 Å². The van der Waals surface area contributed by atoms with E-state index in [1.807, 2.05) is 0 Å². The molecule has 1 rings (SSSR count). The molecular formula is C9H8N2O6S2. The van der Waals surface area contributed by atoms with Crippen LogP contribution in [0.2, 0.25) is 0 Å². The average molecular weight is 304 g/mol. The van der Waals surface area contributed by atoms with Crippen molar-refractivity contribution in [2.45, 2.75) is 16.7 Å². The van der Waals surface area contributed by atoms with E-state index in [4.69, 9.17) is 15.5 Å². The van der Waals surface area contributed by atoms with Gasteiger partial charge in [0.15, 0.2) is 0 Å². The molecule has 0 aliphatic rings. The molecular weight excluding hydrogens is 296 g/mol. The van der Waals surface area contributed by atoms with Gasteiger partial charge in [0.25, 0.3) is 10.0 Å². The largest absolute Gasteiger partial charge is 0.481 e. The maximum atomic E-state index is 11.8. The summed E-state index contributed by atoms with van der Waals surface area (Å²) in [6.45, 7) is 0. The Balaban J connectivity index is 2.97. The number of aliphatic carboxylic acids is 2. The minimum absolute atomic E-state index is 0.144. The van der Waals surface area contributed by atoms with Gasteiger partial charge in [-0.3, -0.25) is 9.59 Å². The van der Waals surface area contributed by atoms with E-state index in [1.54, 1.807) is 10.8 Å². The Labute approximate surface area is 112 Å². The van der Waals surface area contributed by atoms with Crippen LogP contribution in [0.5, 0.6) is 0 Å². The van der Waals surface area contributed by atoms with Crippen LogP contribution >= 0.6 is 11.3 Å². The highest BCUT2D eigenvalue weighted by Gasteiger charge is 2.28. The van der Waals surface area contributed by atoms with Gasteiger partial charge in [-0.2, -0.15) is 9.98 Å². The summed E-state index contributed by atoms with van der Waals surface area (Å²) in [6.07, 6.45) is -0.884. The lowest BCUT2D eigenvalue weighted by molar-refractivity contribution is -0.145. The molecule has 0 spiro atoms. The maximum absolute atomic E-state index is 11.8. The highest BCUT2D eigenvalue weighted by Crippen LogP contribution is 2.21. The van der Waals surface area contributed by atoms with Crippen LogP contribution in [0.4, 0.5) is 0 Å². The molecule has 0 bridgehead atoms. The van der Waals surface area contributed by atoms with Gasteiger partial charge < -0.3 is 10.2 Å². The van der Waals surface area contributed by atoms with E-state index in [9.17, 15) is 18.0 Å². The van der Waals surface area contributed by atoms with Gasteiger partial charge in [-0.1, -0.05) is 0 Å². The number of carbonyl (C=O) groups is 2. The normalized spacial score (nSPS) is 12.6. The molecule has 0 aliphatic carbocycles. The van der Waals surface area contributed by atoms with Gasteiger partial charge >= 0.3 is 11.9 Å². The third-order valence-corrected chi connectivity index (χ3v) is 4.88. The smallest absolute Gasteiger partial charge is 0.322 e. The van der Waals surface area contributed by atoms with Crippen molar-refractivity contribution < 1.29 is 28.2 Å². The Hall–Kier alpha value is -1.96. The number of rotatable bonds is 6. The van der Waals surface area contributed by atoms with E-state index >= 15 is 0 Å². The lowest BCUT2D eigenvalue weighted by Crippen LogP contribution is -2.41. The average Bonchev–Trinajstić information content (AvgIpc) is 2.76. The molecule has 1 atom stereocenters. The molecule has 0 fully saturated rings. The minimum atomic E-state index is -4.17. The standard InChI is InChI=1S/C9H8N2O6S2/c10-4-5-1-2-8(18-5)19(16,17)11-6(9(14)15)3-7(12)13/h1-2,6,11H,3H2,(H,12,13)(H,14,15)/t6-/m1/s1. The zero-order valence-electron chi connectivity index (χ0n) is 9.23. The summed E-state index contributed by atoms with van der Waals surface area (Å²) in [5.41, 5.74) is 0. The molecule has 19 heavy (non-hydrogen) atoms. The summed E-state index contributed by atoms with van der Waals surface area (Å²) in [5.74, 6) is -3.04. The molecule has 0 amide bonds. The quantitative estimate of drug-likeness (QED) is 0.661. The predicted molar refractivity (Wildman–Crippen MR) is 63.0 cm³/mol. The van der Waals surface area contributed by atoms with Gasteiger partial charge in [0.1, 0.15) is 21.2 Å². The van der Waals surface area contributed by atoms with Crippen LogP contribution in [0, 0.1) is 11.3 Å². The van der Waals surface area contributed by atoms with E-state index < -0.39 is 34.4 Å². The van der Waals surface area contributed by atoms with Crippen LogP contribution in [-0.2, 0) is 19.6 Å². The van der Waals surface area contributed by atoms with Crippen molar-refractivity contribution in [1.29, 1.82) is 5.26 Å². The van der Waals surface area contributed by atoms with Gasteiger partial charge in [-0.25, -0.2) is 8.42 Å². The molecule has 1 aromatic heterocycles. The first-order valence-electron chi connectivity index (χ1n) is 4.73. The summed E-state index contributed by atoms with van der Waals surface area (Å²) in [4.78, 5) is 21.4. The van der Waals surface area contributed by atoms with Gasteiger partial charge in [0.05, 0.1) is 6.42 Å².